The van der Waals surface area contributed by atoms with Crippen molar-refractivity contribution >= 4 is 23.6 Å². The monoisotopic (exact) mass is 314 g/mol. The van der Waals surface area contributed by atoms with Crippen LogP contribution in [0.2, 0.25) is 5.02 Å². The van der Waals surface area contributed by atoms with E-state index >= 15 is 0 Å². The average molecular weight is 315 g/mol. The molecule has 0 saturated carbocycles. The van der Waals surface area contributed by atoms with Gasteiger partial charge in [-0.1, -0.05) is 11.6 Å². The maximum Gasteiger partial charge on any atom is 0.328 e. The van der Waals surface area contributed by atoms with E-state index in [0.29, 0.717) is 35.3 Å². The first kappa shape index (κ1) is 17.3. The van der Waals surface area contributed by atoms with Crippen molar-refractivity contribution in [1.82, 2.24) is 0 Å². The number of benzene rings is 1. The molecule has 0 aliphatic heterocycles. The maximum atomic E-state index is 10.5. The van der Waals surface area contributed by atoms with Gasteiger partial charge in [-0.2, -0.15) is 0 Å². The summed E-state index contributed by atoms with van der Waals surface area (Å²) >= 11 is 6.14. The second-order valence-electron chi connectivity index (χ2n) is 4.47. The number of carboxylic acids is 1. The number of carboxylic acid groups (broad SMARTS) is 1. The molecule has 5 nitrogen and oxygen atoms in total. The number of hydrogen-bond donors (Lipinski definition) is 1. The third-order valence-corrected chi connectivity index (χ3v) is 2.73. The highest BCUT2D eigenvalue weighted by molar-refractivity contribution is 6.32. The van der Waals surface area contributed by atoms with Gasteiger partial charge in [-0.3, -0.25) is 0 Å². The summed E-state index contributed by atoms with van der Waals surface area (Å²) in [5, 5.41) is 8.97. The summed E-state index contributed by atoms with van der Waals surface area (Å²) in [4.78, 5) is 10.5. The zero-order valence-corrected chi connectivity index (χ0v) is 13.0. The normalized spacial score (nSPS) is 11.1. The molecular formula is C15H19ClO5. The Morgan fingerprint density at radius 3 is 2.67 bits per heavy atom. The fourth-order valence-electron chi connectivity index (χ4n) is 1.57. The summed E-state index contributed by atoms with van der Waals surface area (Å²) in [6, 6.07) is 3.27. The van der Waals surface area contributed by atoms with Gasteiger partial charge >= 0.3 is 5.97 Å². The third kappa shape index (κ3) is 6.06. The number of hydrogen-bond acceptors (Lipinski definition) is 4. The molecule has 0 aliphatic rings. The van der Waals surface area contributed by atoms with Gasteiger partial charge in [0, 0.05) is 6.08 Å². The molecular weight excluding hydrogens is 296 g/mol. The first-order valence-corrected chi connectivity index (χ1v) is 6.84. The number of methoxy groups -OCH3 is 1. The van der Waals surface area contributed by atoms with Gasteiger partial charge < -0.3 is 19.3 Å². The topological polar surface area (TPSA) is 65.0 Å². The standard InChI is InChI=1S/C15H19ClO5/c1-10(2)20-6-7-21-15-12(16)8-11(4-5-14(17)18)9-13(15)19-3/h4-5,8-10H,6-7H2,1-3H3,(H,17,18). The van der Waals surface area contributed by atoms with Gasteiger partial charge in [-0.05, 0) is 37.6 Å². The highest BCUT2D eigenvalue weighted by Gasteiger charge is 2.11. The molecule has 0 aliphatic carbocycles. The quantitative estimate of drug-likeness (QED) is 0.589. The second-order valence-corrected chi connectivity index (χ2v) is 4.88. The molecule has 0 saturated heterocycles. The Kier molecular flexibility index (Phi) is 7.05. The van der Waals surface area contributed by atoms with Crippen molar-refractivity contribution in [2.75, 3.05) is 20.3 Å². The van der Waals surface area contributed by atoms with E-state index in [0.717, 1.165) is 6.08 Å². The van der Waals surface area contributed by atoms with Crippen LogP contribution in [0.1, 0.15) is 19.4 Å². The van der Waals surface area contributed by atoms with Gasteiger partial charge in [-0.25, -0.2) is 4.79 Å². The second kappa shape index (κ2) is 8.54. The van der Waals surface area contributed by atoms with E-state index in [9.17, 15) is 4.79 Å². The zero-order valence-electron chi connectivity index (χ0n) is 12.3. The van der Waals surface area contributed by atoms with Crippen LogP contribution in [0.5, 0.6) is 11.5 Å². The lowest BCUT2D eigenvalue weighted by Gasteiger charge is -2.14. The molecule has 0 atom stereocenters. The van der Waals surface area contributed by atoms with E-state index in [1.807, 2.05) is 13.8 Å². The van der Waals surface area contributed by atoms with Crippen molar-refractivity contribution in [3.8, 4) is 11.5 Å². The highest BCUT2D eigenvalue weighted by Crippen LogP contribution is 2.36. The number of aliphatic carboxylic acids is 1. The zero-order chi connectivity index (χ0) is 15.8. The van der Waals surface area contributed by atoms with E-state index in [4.69, 9.17) is 30.9 Å². The Morgan fingerprint density at radius 2 is 2.10 bits per heavy atom. The third-order valence-electron chi connectivity index (χ3n) is 2.45. The van der Waals surface area contributed by atoms with Crippen LogP contribution in [0, 0.1) is 0 Å². The Bertz CT molecular complexity index is 511. The van der Waals surface area contributed by atoms with Gasteiger partial charge in [0.2, 0.25) is 0 Å². The fraction of sp³-hybridized carbons (Fsp3) is 0.400. The van der Waals surface area contributed by atoms with Crippen molar-refractivity contribution in [2.45, 2.75) is 20.0 Å². The Hall–Kier alpha value is -1.72. The molecule has 0 unspecified atom stereocenters. The van der Waals surface area contributed by atoms with E-state index in [1.165, 1.54) is 13.2 Å². The van der Waals surface area contributed by atoms with Crippen molar-refractivity contribution in [1.29, 1.82) is 0 Å². The maximum absolute atomic E-state index is 10.5. The molecule has 0 bridgehead atoms. The van der Waals surface area contributed by atoms with Crippen LogP contribution in [0.25, 0.3) is 6.08 Å². The summed E-state index contributed by atoms with van der Waals surface area (Å²) in [6.45, 7) is 4.67. The molecule has 1 aromatic rings. The number of rotatable bonds is 8. The minimum atomic E-state index is -1.03. The van der Waals surface area contributed by atoms with Gasteiger partial charge in [0.15, 0.2) is 11.5 Å². The van der Waals surface area contributed by atoms with Crippen LogP contribution in [-0.4, -0.2) is 37.5 Å². The lowest BCUT2D eigenvalue weighted by atomic mass is 10.2. The predicted octanol–water partition coefficient (Wildman–Crippen LogP) is 3.25. The van der Waals surface area contributed by atoms with Crippen LogP contribution >= 0.6 is 11.6 Å². The highest BCUT2D eigenvalue weighted by atomic mass is 35.5. The Balaban J connectivity index is 2.82. The first-order chi connectivity index (χ1) is 9.93. The molecule has 1 rings (SSSR count). The van der Waals surface area contributed by atoms with E-state index in [2.05, 4.69) is 0 Å². The SMILES string of the molecule is COc1cc(C=CC(=O)O)cc(Cl)c1OCCOC(C)C. The van der Waals surface area contributed by atoms with Crippen molar-refractivity contribution in [3.63, 3.8) is 0 Å². The molecule has 1 N–H and O–H groups in total. The molecule has 116 valence electrons. The largest absolute Gasteiger partial charge is 0.493 e. The van der Waals surface area contributed by atoms with Gasteiger partial charge in [0.05, 0.1) is 24.8 Å². The van der Waals surface area contributed by atoms with Crippen LogP contribution in [0.3, 0.4) is 0 Å². The summed E-state index contributed by atoms with van der Waals surface area (Å²) in [5.41, 5.74) is 0.616. The van der Waals surface area contributed by atoms with Crippen LogP contribution < -0.4 is 9.47 Å². The molecule has 0 aromatic heterocycles. The molecule has 0 fully saturated rings. The van der Waals surface area contributed by atoms with Crippen molar-refractivity contribution in [2.24, 2.45) is 0 Å². The van der Waals surface area contributed by atoms with Gasteiger partial charge in [-0.15, -0.1) is 0 Å². The molecule has 1 aromatic carbocycles. The number of halogens is 1. The number of ether oxygens (including phenoxy) is 3. The smallest absolute Gasteiger partial charge is 0.328 e. The molecule has 0 spiro atoms. The lowest BCUT2D eigenvalue weighted by Crippen LogP contribution is -2.11. The van der Waals surface area contributed by atoms with Crippen LogP contribution in [0.4, 0.5) is 0 Å². The lowest BCUT2D eigenvalue weighted by molar-refractivity contribution is -0.131. The molecule has 21 heavy (non-hydrogen) atoms. The van der Waals surface area contributed by atoms with E-state index in [-0.39, 0.29) is 6.10 Å². The molecule has 0 amide bonds. The summed E-state index contributed by atoms with van der Waals surface area (Å²) < 4.78 is 16.2. The minimum Gasteiger partial charge on any atom is -0.493 e. The van der Waals surface area contributed by atoms with E-state index in [1.54, 1.807) is 12.1 Å². The minimum absolute atomic E-state index is 0.134. The van der Waals surface area contributed by atoms with Crippen molar-refractivity contribution in [3.05, 3.63) is 28.8 Å². The van der Waals surface area contributed by atoms with Crippen LogP contribution in [0.15, 0.2) is 18.2 Å². The van der Waals surface area contributed by atoms with Crippen molar-refractivity contribution < 1.29 is 24.1 Å². The summed E-state index contributed by atoms with van der Waals surface area (Å²) in [5.74, 6) is -0.174. The average Bonchev–Trinajstić information content (AvgIpc) is 2.42. The summed E-state index contributed by atoms with van der Waals surface area (Å²) in [6.07, 6.45) is 2.60. The number of carbonyl (C=O) groups is 1. The molecule has 0 heterocycles. The van der Waals surface area contributed by atoms with E-state index < -0.39 is 5.97 Å². The Morgan fingerprint density at radius 1 is 1.38 bits per heavy atom. The van der Waals surface area contributed by atoms with Gasteiger partial charge in [0.1, 0.15) is 6.61 Å². The molecule has 0 radical (unpaired) electrons. The molecule has 6 heteroatoms. The predicted molar refractivity (Wildman–Crippen MR) is 81.3 cm³/mol. The van der Waals surface area contributed by atoms with Crippen LogP contribution in [-0.2, 0) is 9.53 Å². The Labute approximate surface area is 129 Å². The van der Waals surface area contributed by atoms with Gasteiger partial charge in [0.25, 0.3) is 0 Å². The summed E-state index contributed by atoms with van der Waals surface area (Å²) in [7, 11) is 1.49. The fourth-order valence-corrected chi connectivity index (χ4v) is 1.84. The first-order valence-electron chi connectivity index (χ1n) is 6.47.